The summed E-state index contributed by atoms with van der Waals surface area (Å²) >= 11 is 14.4. The molecule has 1 aromatic heterocycles. The van der Waals surface area contributed by atoms with Crippen LogP contribution < -0.4 is 5.32 Å². The molecule has 2 unspecified atom stereocenters. The largest absolute Gasteiger partial charge is 0.316 e. The molecular formula is C17H19Cl2NS. The van der Waals surface area contributed by atoms with E-state index in [1.54, 1.807) is 4.88 Å². The highest BCUT2D eigenvalue weighted by atomic mass is 35.5. The summed E-state index contributed by atoms with van der Waals surface area (Å²) in [7, 11) is 2.05. The normalized spacial score (nSPS) is 19.3. The van der Waals surface area contributed by atoms with E-state index in [2.05, 4.69) is 22.8 Å². The Morgan fingerprint density at radius 1 is 1.33 bits per heavy atom. The van der Waals surface area contributed by atoms with Crippen molar-refractivity contribution in [3.8, 4) is 0 Å². The summed E-state index contributed by atoms with van der Waals surface area (Å²) in [5.41, 5.74) is 2.66. The summed E-state index contributed by atoms with van der Waals surface area (Å²) in [6.07, 6.45) is 4.67. The number of thiophene rings is 1. The van der Waals surface area contributed by atoms with Gasteiger partial charge in [0.1, 0.15) is 0 Å². The maximum Gasteiger partial charge on any atom is 0.0624 e. The van der Waals surface area contributed by atoms with Crippen molar-refractivity contribution in [3.63, 3.8) is 0 Å². The summed E-state index contributed by atoms with van der Waals surface area (Å²) in [5.74, 6) is 0.569. The lowest BCUT2D eigenvalue weighted by Gasteiger charge is -2.31. The predicted octanol–water partition coefficient (Wildman–Crippen LogP) is 5.31. The molecule has 0 saturated carbocycles. The molecule has 0 spiro atoms. The molecule has 0 fully saturated rings. The average molecular weight is 340 g/mol. The molecule has 0 amide bonds. The van der Waals surface area contributed by atoms with Crippen molar-refractivity contribution in [3.05, 3.63) is 55.7 Å². The molecule has 1 nitrogen and oxygen atoms in total. The Kier molecular flexibility index (Phi) is 4.90. The van der Waals surface area contributed by atoms with Gasteiger partial charge in [-0.25, -0.2) is 0 Å². The van der Waals surface area contributed by atoms with Crippen LogP contribution in [0, 0.1) is 0 Å². The molecule has 4 heteroatoms. The third kappa shape index (κ3) is 3.14. The Hall–Kier alpha value is -0.540. The molecular weight excluding hydrogens is 321 g/mol. The van der Waals surface area contributed by atoms with Crippen LogP contribution in [0.1, 0.15) is 34.8 Å². The van der Waals surface area contributed by atoms with Crippen molar-refractivity contribution >= 4 is 34.5 Å². The lowest BCUT2D eigenvalue weighted by atomic mass is 9.80. The van der Waals surface area contributed by atoms with Crippen LogP contribution in [0.5, 0.6) is 0 Å². The fourth-order valence-corrected chi connectivity index (χ4v) is 4.72. The summed E-state index contributed by atoms with van der Waals surface area (Å²) in [5, 5.41) is 7.06. The Balaban J connectivity index is 1.85. The Labute approximate surface area is 140 Å². The Morgan fingerprint density at radius 2 is 2.19 bits per heavy atom. The van der Waals surface area contributed by atoms with Crippen molar-refractivity contribution < 1.29 is 0 Å². The second-order valence-electron chi connectivity index (χ2n) is 5.61. The Bertz CT molecular complexity index is 623. The fraction of sp³-hybridized carbons (Fsp3) is 0.412. The maximum atomic E-state index is 6.35. The second-order valence-corrected chi connectivity index (χ2v) is 7.40. The number of hydrogen-bond donors (Lipinski definition) is 1. The maximum absolute atomic E-state index is 6.35. The summed E-state index contributed by atoms with van der Waals surface area (Å²) in [4.78, 5) is 1.56. The lowest BCUT2D eigenvalue weighted by Crippen LogP contribution is -2.35. The standard InChI is InChI=1S/C17H19Cl2NS/c1-20-15(10-11-4-2-6-14(18)17(11)19)12-5-3-7-16-13(12)8-9-21-16/h2,4,6,8-9,12,15,20H,3,5,7,10H2,1H3. The number of rotatable bonds is 4. The zero-order valence-corrected chi connectivity index (χ0v) is 14.4. The third-order valence-electron chi connectivity index (χ3n) is 4.43. The van der Waals surface area contributed by atoms with Gasteiger partial charge in [0, 0.05) is 16.8 Å². The molecule has 2 aromatic rings. The van der Waals surface area contributed by atoms with Crippen molar-refractivity contribution in [2.75, 3.05) is 7.05 Å². The van der Waals surface area contributed by atoms with Gasteiger partial charge in [0.25, 0.3) is 0 Å². The van der Waals surface area contributed by atoms with Gasteiger partial charge in [0.2, 0.25) is 0 Å². The van der Waals surface area contributed by atoms with Gasteiger partial charge < -0.3 is 5.32 Å². The quantitative estimate of drug-likeness (QED) is 0.796. The van der Waals surface area contributed by atoms with Crippen molar-refractivity contribution in [2.45, 2.75) is 37.6 Å². The van der Waals surface area contributed by atoms with Crippen molar-refractivity contribution in [1.82, 2.24) is 5.32 Å². The van der Waals surface area contributed by atoms with Gasteiger partial charge in [-0.1, -0.05) is 35.3 Å². The summed E-state index contributed by atoms with van der Waals surface area (Å²) in [6, 6.07) is 8.60. The average Bonchev–Trinajstić information content (AvgIpc) is 2.97. The first kappa shape index (κ1) is 15.4. The highest BCUT2D eigenvalue weighted by Crippen LogP contribution is 2.38. The van der Waals surface area contributed by atoms with Crippen LogP contribution >= 0.6 is 34.5 Å². The number of benzene rings is 1. The number of likely N-dealkylation sites (N-methyl/N-ethyl adjacent to an activating group) is 1. The predicted molar refractivity (Wildman–Crippen MR) is 93.0 cm³/mol. The number of hydrogen-bond acceptors (Lipinski definition) is 2. The molecule has 1 heterocycles. The second kappa shape index (κ2) is 6.70. The number of nitrogens with one attached hydrogen (secondary N) is 1. The molecule has 112 valence electrons. The molecule has 3 rings (SSSR count). The van der Waals surface area contributed by atoms with E-state index >= 15 is 0 Å². The van der Waals surface area contributed by atoms with Gasteiger partial charge in [-0.3, -0.25) is 0 Å². The first-order valence-electron chi connectivity index (χ1n) is 7.37. The van der Waals surface area contributed by atoms with Crippen LogP contribution in [0.2, 0.25) is 10.0 Å². The van der Waals surface area contributed by atoms with Crippen LogP contribution in [0.4, 0.5) is 0 Å². The fourth-order valence-electron chi connectivity index (χ4n) is 3.33. The molecule has 0 radical (unpaired) electrons. The SMILES string of the molecule is CNC(Cc1cccc(Cl)c1Cl)C1CCCc2sccc21. The van der Waals surface area contributed by atoms with E-state index in [9.17, 15) is 0 Å². The molecule has 2 atom stereocenters. The molecule has 1 aliphatic rings. The molecule has 21 heavy (non-hydrogen) atoms. The first-order valence-corrected chi connectivity index (χ1v) is 9.00. The minimum absolute atomic E-state index is 0.398. The third-order valence-corrected chi connectivity index (χ3v) is 6.28. The molecule has 1 aliphatic carbocycles. The number of halogens is 2. The van der Waals surface area contributed by atoms with Crippen molar-refractivity contribution in [1.29, 1.82) is 0 Å². The minimum Gasteiger partial charge on any atom is -0.316 e. The van der Waals surface area contributed by atoms with Crippen LogP contribution in [0.3, 0.4) is 0 Å². The lowest BCUT2D eigenvalue weighted by molar-refractivity contribution is 0.414. The number of aryl methyl sites for hydroxylation is 1. The van der Waals surface area contributed by atoms with Gasteiger partial charge in [0.15, 0.2) is 0 Å². The molecule has 1 N–H and O–H groups in total. The summed E-state index contributed by atoms with van der Waals surface area (Å²) in [6.45, 7) is 0. The van der Waals surface area contributed by atoms with Crippen LogP contribution in [0.15, 0.2) is 29.6 Å². The highest BCUT2D eigenvalue weighted by molar-refractivity contribution is 7.10. The smallest absolute Gasteiger partial charge is 0.0624 e. The number of fused-ring (bicyclic) bond motifs is 1. The monoisotopic (exact) mass is 339 g/mol. The summed E-state index contributed by atoms with van der Waals surface area (Å²) < 4.78 is 0. The van der Waals surface area contributed by atoms with E-state index in [0.717, 1.165) is 12.0 Å². The van der Waals surface area contributed by atoms with E-state index in [-0.39, 0.29) is 0 Å². The highest BCUT2D eigenvalue weighted by Gasteiger charge is 2.28. The van der Waals surface area contributed by atoms with Gasteiger partial charge in [-0.2, -0.15) is 0 Å². The van der Waals surface area contributed by atoms with E-state index in [4.69, 9.17) is 23.2 Å². The van der Waals surface area contributed by atoms with E-state index in [0.29, 0.717) is 22.0 Å². The topological polar surface area (TPSA) is 12.0 Å². The van der Waals surface area contributed by atoms with E-state index < -0.39 is 0 Å². The molecule has 0 bridgehead atoms. The van der Waals surface area contributed by atoms with E-state index in [1.165, 1.54) is 24.8 Å². The van der Waals surface area contributed by atoms with Gasteiger partial charge >= 0.3 is 0 Å². The van der Waals surface area contributed by atoms with Gasteiger partial charge in [-0.05, 0) is 61.4 Å². The molecule has 0 aliphatic heterocycles. The Morgan fingerprint density at radius 3 is 3.00 bits per heavy atom. The van der Waals surface area contributed by atoms with Gasteiger partial charge in [-0.15, -0.1) is 11.3 Å². The van der Waals surface area contributed by atoms with Crippen LogP contribution in [-0.4, -0.2) is 13.1 Å². The first-order chi connectivity index (χ1) is 10.2. The van der Waals surface area contributed by atoms with Gasteiger partial charge in [0.05, 0.1) is 10.0 Å². The van der Waals surface area contributed by atoms with Crippen molar-refractivity contribution in [2.24, 2.45) is 0 Å². The van der Waals surface area contributed by atoms with Crippen LogP contribution in [-0.2, 0) is 12.8 Å². The zero-order chi connectivity index (χ0) is 14.8. The van der Waals surface area contributed by atoms with Crippen LogP contribution in [0.25, 0.3) is 0 Å². The molecule has 1 aromatic carbocycles. The minimum atomic E-state index is 0.398. The van der Waals surface area contributed by atoms with E-state index in [1.807, 2.05) is 30.5 Å². The molecule has 0 saturated heterocycles. The zero-order valence-electron chi connectivity index (χ0n) is 12.0.